The lowest BCUT2D eigenvalue weighted by Gasteiger charge is -2.27. The quantitative estimate of drug-likeness (QED) is 0.728. The third-order valence-electron chi connectivity index (χ3n) is 3.93. The first kappa shape index (κ1) is 10.9. The van der Waals surface area contributed by atoms with Crippen LogP contribution in [0.4, 0.5) is 0 Å². The largest absolute Gasteiger partial charge is 0.481 e. The van der Waals surface area contributed by atoms with Gasteiger partial charge in [0.1, 0.15) is 0 Å². The maximum absolute atomic E-state index is 10.7. The molecule has 2 aliphatic carbocycles. The van der Waals surface area contributed by atoms with Crippen LogP contribution < -0.4 is 0 Å². The number of aliphatic carboxylic acids is 1. The fraction of sp³-hybridized carbons (Fsp3) is 0.917. The molecule has 0 aromatic rings. The molecule has 2 aliphatic rings. The number of hydrogen-bond acceptors (Lipinski definition) is 2. The van der Waals surface area contributed by atoms with Gasteiger partial charge in [-0.1, -0.05) is 19.3 Å². The Kier molecular flexibility index (Phi) is 3.29. The number of rotatable bonds is 6. The van der Waals surface area contributed by atoms with Gasteiger partial charge < -0.3 is 10.0 Å². The molecule has 2 rings (SSSR count). The van der Waals surface area contributed by atoms with Gasteiger partial charge in [0.25, 0.3) is 0 Å². The molecule has 1 N–H and O–H groups in total. The fourth-order valence-electron chi connectivity index (χ4n) is 2.43. The number of nitrogens with zero attached hydrogens (tertiary/aromatic N) is 1. The lowest BCUT2D eigenvalue weighted by atomic mass is 9.83. The molecule has 0 spiro atoms. The predicted octanol–water partition coefficient (Wildman–Crippen LogP) is 1.83. The van der Waals surface area contributed by atoms with Gasteiger partial charge in [-0.05, 0) is 38.3 Å². The highest BCUT2D eigenvalue weighted by atomic mass is 16.4. The Labute approximate surface area is 91.5 Å². The second kappa shape index (κ2) is 4.52. The van der Waals surface area contributed by atoms with Crippen LogP contribution in [0.15, 0.2) is 0 Å². The monoisotopic (exact) mass is 211 g/mol. The SMILES string of the molecule is CN(CCC1CCC1)CC1CC1C(=O)O. The Morgan fingerprint density at radius 2 is 2.20 bits per heavy atom. The molecule has 0 radical (unpaired) electrons. The summed E-state index contributed by atoms with van der Waals surface area (Å²) in [5.74, 6) is 0.736. The zero-order valence-electron chi connectivity index (χ0n) is 9.48. The van der Waals surface area contributed by atoms with Gasteiger partial charge in [0.15, 0.2) is 0 Å². The van der Waals surface area contributed by atoms with Crippen molar-refractivity contribution in [1.82, 2.24) is 4.90 Å². The first-order valence-corrected chi connectivity index (χ1v) is 6.08. The molecule has 0 bridgehead atoms. The summed E-state index contributed by atoms with van der Waals surface area (Å²) in [6.45, 7) is 2.12. The van der Waals surface area contributed by atoms with Gasteiger partial charge in [0, 0.05) is 6.54 Å². The van der Waals surface area contributed by atoms with Gasteiger partial charge in [-0.2, -0.15) is 0 Å². The smallest absolute Gasteiger partial charge is 0.306 e. The molecule has 0 amide bonds. The zero-order chi connectivity index (χ0) is 10.8. The van der Waals surface area contributed by atoms with Crippen LogP contribution in [0.2, 0.25) is 0 Å². The van der Waals surface area contributed by atoms with Crippen LogP contribution in [0.5, 0.6) is 0 Å². The summed E-state index contributed by atoms with van der Waals surface area (Å²) in [6.07, 6.45) is 6.44. The van der Waals surface area contributed by atoms with E-state index in [1.54, 1.807) is 0 Å². The summed E-state index contributed by atoms with van der Waals surface area (Å²) in [7, 11) is 2.12. The summed E-state index contributed by atoms with van der Waals surface area (Å²) in [6, 6.07) is 0. The Hall–Kier alpha value is -0.570. The second-order valence-corrected chi connectivity index (χ2v) is 5.29. The molecular weight excluding hydrogens is 190 g/mol. The van der Waals surface area contributed by atoms with Crippen LogP contribution >= 0.6 is 0 Å². The van der Waals surface area contributed by atoms with E-state index in [1.165, 1.54) is 25.7 Å². The Bertz CT molecular complexity index is 238. The summed E-state index contributed by atoms with van der Waals surface area (Å²) in [5, 5.41) is 8.78. The number of hydrogen-bond donors (Lipinski definition) is 1. The Morgan fingerprint density at radius 1 is 1.47 bits per heavy atom. The van der Waals surface area contributed by atoms with E-state index in [0.717, 1.165) is 25.4 Å². The van der Waals surface area contributed by atoms with Crippen LogP contribution in [0.1, 0.15) is 32.1 Å². The minimum atomic E-state index is -0.604. The summed E-state index contributed by atoms with van der Waals surface area (Å²) < 4.78 is 0. The van der Waals surface area contributed by atoms with E-state index in [1.807, 2.05) is 0 Å². The van der Waals surface area contributed by atoms with Crippen molar-refractivity contribution in [3.05, 3.63) is 0 Å². The molecule has 86 valence electrons. The predicted molar refractivity (Wildman–Crippen MR) is 58.7 cm³/mol. The first-order valence-electron chi connectivity index (χ1n) is 6.08. The number of carbonyl (C=O) groups is 1. The summed E-state index contributed by atoms with van der Waals surface area (Å²) in [4.78, 5) is 13.0. The van der Waals surface area contributed by atoms with Crippen LogP contribution in [0.25, 0.3) is 0 Å². The second-order valence-electron chi connectivity index (χ2n) is 5.29. The van der Waals surface area contributed by atoms with E-state index in [2.05, 4.69) is 11.9 Å². The zero-order valence-corrected chi connectivity index (χ0v) is 9.48. The van der Waals surface area contributed by atoms with E-state index in [-0.39, 0.29) is 5.92 Å². The van der Waals surface area contributed by atoms with E-state index in [0.29, 0.717) is 5.92 Å². The molecule has 0 heterocycles. The lowest BCUT2D eigenvalue weighted by Crippen LogP contribution is -2.26. The molecule has 15 heavy (non-hydrogen) atoms. The lowest BCUT2D eigenvalue weighted by molar-refractivity contribution is -0.138. The van der Waals surface area contributed by atoms with Crippen molar-refractivity contribution >= 4 is 5.97 Å². The van der Waals surface area contributed by atoms with Crippen molar-refractivity contribution < 1.29 is 9.90 Å². The first-order chi connectivity index (χ1) is 7.16. The molecule has 2 atom stereocenters. The molecule has 2 fully saturated rings. The van der Waals surface area contributed by atoms with Gasteiger partial charge in [-0.25, -0.2) is 0 Å². The summed E-state index contributed by atoms with van der Waals surface area (Å²) >= 11 is 0. The molecular formula is C12H21NO2. The highest BCUT2D eigenvalue weighted by Crippen LogP contribution is 2.39. The minimum Gasteiger partial charge on any atom is -0.481 e. The maximum Gasteiger partial charge on any atom is 0.306 e. The van der Waals surface area contributed by atoms with Crippen molar-refractivity contribution in [3.63, 3.8) is 0 Å². The van der Waals surface area contributed by atoms with Gasteiger partial charge in [-0.3, -0.25) is 4.79 Å². The molecule has 2 saturated carbocycles. The van der Waals surface area contributed by atoms with Crippen molar-refractivity contribution in [2.45, 2.75) is 32.1 Å². The van der Waals surface area contributed by atoms with Crippen LogP contribution in [-0.2, 0) is 4.79 Å². The maximum atomic E-state index is 10.7. The molecule has 2 unspecified atom stereocenters. The van der Waals surface area contributed by atoms with Crippen LogP contribution in [0.3, 0.4) is 0 Å². The molecule has 0 aromatic carbocycles. The van der Waals surface area contributed by atoms with E-state index >= 15 is 0 Å². The number of carboxylic acids is 1. The normalized spacial score (nSPS) is 30.3. The Morgan fingerprint density at radius 3 is 2.67 bits per heavy atom. The van der Waals surface area contributed by atoms with Crippen molar-refractivity contribution in [3.8, 4) is 0 Å². The van der Waals surface area contributed by atoms with Crippen LogP contribution in [-0.4, -0.2) is 36.1 Å². The molecule has 3 heteroatoms. The third kappa shape index (κ3) is 2.94. The average Bonchev–Trinajstić information content (AvgIpc) is 2.80. The highest BCUT2D eigenvalue weighted by Gasteiger charge is 2.43. The minimum absolute atomic E-state index is 0.0452. The van der Waals surface area contributed by atoms with Gasteiger partial charge >= 0.3 is 5.97 Å². The molecule has 0 aromatic heterocycles. The Balaban J connectivity index is 1.57. The van der Waals surface area contributed by atoms with E-state index < -0.39 is 5.97 Å². The topological polar surface area (TPSA) is 40.5 Å². The molecule has 0 aliphatic heterocycles. The van der Waals surface area contributed by atoms with E-state index in [4.69, 9.17) is 5.11 Å². The van der Waals surface area contributed by atoms with Gasteiger partial charge in [0.2, 0.25) is 0 Å². The van der Waals surface area contributed by atoms with Crippen LogP contribution in [0, 0.1) is 17.8 Å². The van der Waals surface area contributed by atoms with Crippen molar-refractivity contribution in [1.29, 1.82) is 0 Å². The van der Waals surface area contributed by atoms with Crippen molar-refractivity contribution in [2.75, 3.05) is 20.1 Å². The highest BCUT2D eigenvalue weighted by molar-refractivity contribution is 5.73. The standard InChI is InChI=1S/C12H21NO2/c1-13(6-5-9-3-2-4-9)8-10-7-11(10)12(14)15/h9-11H,2-8H2,1H3,(H,14,15). The fourth-order valence-corrected chi connectivity index (χ4v) is 2.43. The average molecular weight is 211 g/mol. The molecule has 0 saturated heterocycles. The summed E-state index contributed by atoms with van der Waals surface area (Å²) in [5.41, 5.74) is 0. The van der Waals surface area contributed by atoms with Gasteiger partial charge in [-0.15, -0.1) is 0 Å². The number of carboxylic acid groups (broad SMARTS) is 1. The molecule has 3 nitrogen and oxygen atoms in total. The van der Waals surface area contributed by atoms with E-state index in [9.17, 15) is 4.79 Å². The van der Waals surface area contributed by atoms with Gasteiger partial charge in [0.05, 0.1) is 5.92 Å². The van der Waals surface area contributed by atoms with Crippen molar-refractivity contribution in [2.24, 2.45) is 17.8 Å². The third-order valence-corrected chi connectivity index (χ3v) is 3.93.